The fourth-order valence-electron chi connectivity index (χ4n) is 4.17. The summed E-state index contributed by atoms with van der Waals surface area (Å²) in [5.74, 6) is -0.792. The third-order valence-electron chi connectivity index (χ3n) is 6.14. The number of hydrogen-bond donors (Lipinski definition) is 0. The standard InChI is InChI=1S/C31H19Cl2F2I/c1-18-2-4-19(5-3-18)26-12-8-23(17-31(26)36)25-11-7-21(16-30(25)35)20-6-10-24(27(32)14-20)22-9-13-29(34)28(33)15-22/h2-17H,1H3. The van der Waals surface area contributed by atoms with Crippen molar-refractivity contribution in [3.05, 3.63) is 128 Å². The van der Waals surface area contributed by atoms with Gasteiger partial charge in [-0.2, -0.15) is 0 Å². The minimum Gasteiger partial charge on any atom is -0.206 e. The predicted molar refractivity (Wildman–Crippen MR) is 156 cm³/mol. The van der Waals surface area contributed by atoms with Crippen molar-refractivity contribution in [2.45, 2.75) is 6.92 Å². The highest BCUT2D eigenvalue weighted by atomic mass is 127. The molecule has 5 aromatic carbocycles. The average molecular weight is 627 g/mol. The molecule has 0 aliphatic carbocycles. The van der Waals surface area contributed by atoms with Crippen LogP contribution in [0.5, 0.6) is 0 Å². The predicted octanol–water partition coefficient (Wildman–Crippen LogP) is 10.9. The van der Waals surface area contributed by atoms with Crippen LogP contribution in [0.2, 0.25) is 10.0 Å². The van der Waals surface area contributed by atoms with Crippen molar-refractivity contribution < 1.29 is 8.78 Å². The second-order valence-electron chi connectivity index (χ2n) is 8.58. The first-order valence-corrected chi connectivity index (χ1v) is 13.1. The third kappa shape index (κ3) is 5.06. The number of rotatable bonds is 4. The van der Waals surface area contributed by atoms with Crippen LogP contribution < -0.4 is 0 Å². The molecule has 0 nitrogen and oxygen atoms in total. The van der Waals surface area contributed by atoms with E-state index in [0.29, 0.717) is 21.7 Å². The maximum absolute atomic E-state index is 15.3. The lowest BCUT2D eigenvalue weighted by molar-refractivity contribution is 0.628. The molecule has 0 atom stereocenters. The molecule has 5 aromatic rings. The van der Waals surface area contributed by atoms with Crippen LogP contribution in [-0.4, -0.2) is 0 Å². The van der Waals surface area contributed by atoms with E-state index >= 15 is 4.39 Å². The zero-order valence-corrected chi connectivity index (χ0v) is 22.8. The molecule has 0 amide bonds. The van der Waals surface area contributed by atoms with E-state index < -0.39 is 5.82 Å². The van der Waals surface area contributed by atoms with Crippen molar-refractivity contribution in [1.29, 1.82) is 0 Å². The van der Waals surface area contributed by atoms with Crippen molar-refractivity contribution in [2.75, 3.05) is 0 Å². The molecule has 0 radical (unpaired) electrons. The third-order valence-corrected chi connectivity index (χ3v) is 7.64. The molecule has 0 bridgehead atoms. The first-order valence-electron chi connectivity index (χ1n) is 11.2. The van der Waals surface area contributed by atoms with Gasteiger partial charge >= 0.3 is 0 Å². The minimum atomic E-state index is -0.483. The largest absolute Gasteiger partial charge is 0.206 e. The molecule has 0 spiro atoms. The molecule has 0 saturated heterocycles. The van der Waals surface area contributed by atoms with Crippen molar-refractivity contribution in [3.63, 3.8) is 0 Å². The van der Waals surface area contributed by atoms with Gasteiger partial charge in [0.15, 0.2) is 0 Å². The van der Waals surface area contributed by atoms with Gasteiger partial charge in [0.2, 0.25) is 0 Å². The molecule has 0 heterocycles. The second-order valence-corrected chi connectivity index (χ2v) is 10.6. The smallest absolute Gasteiger partial charge is 0.141 e. The molecule has 36 heavy (non-hydrogen) atoms. The van der Waals surface area contributed by atoms with Gasteiger partial charge in [-0.15, -0.1) is 0 Å². The van der Waals surface area contributed by atoms with Crippen molar-refractivity contribution in [3.8, 4) is 44.5 Å². The van der Waals surface area contributed by atoms with Gasteiger partial charge in [-0.3, -0.25) is 0 Å². The summed E-state index contributed by atoms with van der Waals surface area (Å²) in [5.41, 5.74) is 7.76. The zero-order valence-electron chi connectivity index (χ0n) is 19.1. The number of hydrogen-bond acceptors (Lipinski definition) is 0. The summed E-state index contributed by atoms with van der Waals surface area (Å²) in [6.07, 6.45) is 0. The highest BCUT2D eigenvalue weighted by Gasteiger charge is 2.13. The van der Waals surface area contributed by atoms with E-state index in [0.717, 1.165) is 31.4 Å². The summed E-state index contributed by atoms with van der Waals surface area (Å²) in [6, 6.07) is 29.5. The Morgan fingerprint density at radius 1 is 0.500 bits per heavy atom. The Labute approximate surface area is 232 Å². The SMILES string of the molecule is Cc1ccc(-c2ccc(-c3ccc(-c4ccc(-c5ccc(F)c(Cl)c5)c(Cl)c4)cc3F)cc2I)cc1. The van der Waals surface area contributed by atoms with Gasteiger partial charge in [0.25, 0.3) is 0 Å². The Hall–Kier alpha value is -2.73. The minimum absolute atomic E-state index is 0.0341. The van der Waals surface area contributed by atoms with E-state index in [1.165, 1.54) is 23.8 Å². The van der Waals surface area contributed by atoms with Crippen molar-refractivity contribution in [1.82, 2.24) is 0 Å². The lowest BCUT2D eigenvalue weighted by atomic mass is 9.96. The van der Waals surface area contributed by atoms with Gasteiger partial charge in [-0.1, -0.05) is 95.5 Å². The molecule has 178 valence electrons. The fraction of sp³-hybridized carbons (Fsp3) is 0.0323. The first-order chi connectivity index (χ1) is 17.3. The molecule has 0 saturated carbocycles. The maximum atomic E-state index is 15.3. The Morgan fingerprint density at radius 3 is 1.67 bits per heavy atom. The summed E-state index contributed by atoms with van der Waals surface area (Å²) in [5, 5.41) is 0.507. The quantitative estimate of drug-likeness (QED) is 0.174. The van der Waals surface area contributed by atoms with Crippen molar-refractivity contribution >= 4 is 45.8 Å². The lowest BCUT2D eigenvalue weighted by Gasteiger charge is -2.12. The van der Waals surface area contributed by atoms with Gasteiger partial charge in [0.1, 0.15) is 11.6 Å². The Balaban J connectivity index is 1.44. The van der Waals surface area contributed by atoms with E-state index in [-0.39, 0.29) is 10.8 Å². The maximum Gasteiger partial charge on any atom is 0.141 e. The summed E-state index contributed by atoms with van der Waals surface area (Å²) in [7, 11) is 0. The number of aryl methyl sites for hydroxylation is 1. The van der Waals surface area contributed by atoms with Crippen LogP contribution in [0.25, 0.3) is 44.5 Å². The van der Waals surface area contributed by atoms with Crippen LogP contribution in [0, 0.1) is 22.1 Å². The van der Waals surface area contributed by atoms with E-state index in [2.05, 4.69) is 53.8 Å². The van der Waals surface area contributed by atoms with Crippen LogP contribution in [0.3, 0.4) is 0 Å². The highest BCUT2D eigenvalue weighted by molar-refractivity contribution is 14.1. The van der Waals surface area contributed by atoms with Crippen LogP contribution in [0.15, 0.2) is 97.1 Å². The highest BCUT2D eigenvalue weighted by Crippen LogP contribution is 2.36. The molecule has 0 aromatic heterocycles. The van der Waals surface area contributed by atoms with Gasteiger partial charge in [0.05, 0.1) is 5.02 Å². The summed E-state index contributed by atoms with van der Waals surface area (Å²) >= 11 is 14.8. The molecular weight excluding hydrogens is 608 g/mol. The summed E-state index contributed by atoms with van der Waals surface area (Å²) in [4.78, 5) is 0. The summed E-state index contributed by atoms with van der Waals surface area (Å²) in [6.45, 7) is 2.06. The molecule has 0 aliphatic heterocycles. The molecule has 0 fully saturated rings. The Morgan fingerprint density at radius 2 is 1.03 bits per heavy atom. The van der Waals surface area contributed by atoms with E-state index in [1.807, 2.05) is 36.4 Å². The van der Waals surface area contributed by atoms with Gasteiger partial charge in [-0.05, 0) is 93.2 Å². The van der Waals surface area contributed by atoms with Crippen LogP contribution in [-0.2, 0) is 0 Å². The molecule has 5 heteroatoms. The number of benzene rings is 5. The molecular formula is C31H19Cl2F2I. The van der Waals surface area contributed by atoms with E-state index in [1.54, 1.807) is 18.2 Å². The number of halogens is 5. The first kappa shape index (κ1) is 24.9. The van der Waals surface area contributed by atoms with Crippen LogP contribution in [0.1, 0.15) is 5.56 Å². The topological polar surface area (TPSA) is 0 Å². The molecule has 0 unspecified atom stereocenters. The molecule has 5 rings (SSSR count). The van der Waals surface area contributed by atoms with Gasteiger partial charge in [-0.25, -0.2) is 8.78 Å². The van der Waals surface area contributed by atoms with E-state index in [9.17, 15) is 4.39 Å². The van der Waals surface area contributed by atoms with Crippen LogP contribution >= 0.6 is 45.8 Å². The van der Waals surface area contributed by atoms with Crippen LogP contribution in [0.4, 0.5) is 8.78 Å². The lowest BCUT2D eigenvalue weighted by Crippen LogP contribution is -1.90. The van der Waals surface area contributed by atoms with Crippen molar-refractivity contribution in [2.24, 2.45) is 0 Å². The second kappa shape index (κ2) is 10.3. The normalized spacial score (nSPS) is 11.1. The Bertz CT molecular complexity index is 1590. The average Bonchev–Trinajstić information content (AvgIpc) is 2.86. The molecule has 0 N–H and O–H groups in total. The Kier molecular flexibility index (Phi) is 7.16. The van der Waals surface area contributed by atoms with Gasteiger partial charge < -0.3 is 0 Å². The molecule has 0 aliphatic rings. The summed E-state index contributed by atoms with van der Waals surface area (Å²) < 4.78 is 29.8. The monoisotopic (exact) mass is 626 g/mol. The van der Waals surface area contributed by atoms with Gasteiger partial charge in [0, 0.05) is 19.7 Å². The fourth-order valence-corrected chi connectivity index (χ4v) is 5.47. The van der Waals surface area contributed by atoms with E-state index in [4.69, 9.17) is 23.2 Å². The zero-order chi connectivity index (χ0) is 25.4.